The number of nitrogens with zero attached hydrogens (tertiary/aromatic N) is 4. The van der Waals surface area contributed by atoms with Gasteiger partial charge in [0.1, 0.15) is 0 Å². The minimum Gasteiger partial charge on any atom is -0.503 e. The van der Waals surface area contributed by atoms with Crippen LogP contribution < -0.4 is 10.9 Å². The van der Waals surface area contributed by atoms with Gasteiger partial charge in [0.2, 0.25) is 10.9 Å². The van der Waals surface area contributed by atoms with Crippen molar-refractivity contribution >= 4 is 11.6 Å². The van der Waals surface area contributed by atoms with Crippen LogP contribution >= 0.6 is 11.6 Å². The van der Waals surface area contributed by atoms with E-state index in [2.05, 4.69) is 11.0 Å². The summed E-state index contributed by atoms with van der Waals surface area (Å²) < 4.78 is 30.8. The maximum atomic E-state index is 13.5. The smallest absolute Gasteiger partial charge is 0.258 e. The van der Waals surface area contributed by atoms with Gasteiger partial charge in [-0.25, -0.2) is 8.78 Å². The summed E-state index contributed by atoms with van der Waals surface area (Å²) in [7, 11) is 0. The lowest BCUT2D eigenvalue weighted by atomic mass is 10.0. The maximum absolute atomic E-state index is 13.5. The molecular formula is C33H33ClF2N4O4. The zero-order valence-electron chi connectivity index (χ0n) is 24.0. The number of alkyl halides is 2. The largest absolute Gasteiger partial charge is 0.503 e. The minimum atomic E-state index is -2.52. The molecule has 2 aromatic heterocycles. The summed E-state index contributed by atoms with van der Waals surface area (Å²) in [5.41, 5.74) is 2.55. The van der Waals surface area contributed by atoms with Gasteiger partial charge in [0.25, 0.3) is 6.43 Å². The normalized spacial score (nSPS) is 18.1. The van der Waals surface area contributed by atoms with Crippen molar-refractivity contribution in [3.8, 4) is 11.5 Å². The number of rotatable bonds is 5. The van der Waals surface area contributed by atoms with E-state index in [4.69, 9.17) is 11.6 Å². The van der Waals surface area contributed by atoms with E-state index in [0.29, 0.717) is 30.9 Å². The molecule has 3 aliphatic rings. The molecule has 1 atom stereocenters. The summed E-state index contributed by atoms with van der Waals surface area (Å²) in [6, 6.07) is 18.5. The maximum Gasteiger partial charge on any atom is 0.258 e. The Morgan fingerprint density at radius 1 is 0.750 bits per heavy atom. The van der Waals surface area contributed by atoms with Crippen LogP contribution in [0.25, 0.3) is 0 Å². The highest BCUT2D eigenvalue weighted by Crippen LogP contribution is 2.53. The molecule has 1 unspecified atom stereocenters. The third-order valence-electron chi connectivity index (χ3n) is 8.83. The van der Waals surface area contributed by atoms with Crippen molar-refractivity contribution in [1.29, 1.82) is 0 Å². The van der Waals surface area contributed by atoms with Gasteiger partial charge in [-0.15, -0.1) is 0 Å². The molecule has 0 spiro atoms. The summed E-state index contributed by atoms with van der Waals surface area (Å²) in [6.07, 6.45) is 2.59. The van der Waals surface area contributed by atoms with Crippen molar-refractivity contribution in [2.75, 3.05) is 13.1 Å². The van der Waals surface area contributed by atoms with Crippen LogP contribution in [0, 0.1) is 0 Å². The Balaban J connectivity index is 0.000000156. The summed E-state index contributed by atoms with van der Waals surface area (Å²) in [6.45, 7) is 3.51. The van der Waals surface area contributed by atoms with Crippen molar-refractivity contribution in [3.05, 3.63) is 127 Å². The van der Waals surface area contributed by atoms with E-state index in [1.165, 1.54) is 17.8 Å². The highest BCUT2D eigenvalue weighted by atomic mass is 35.5. The second kappa shape index (κ2) is 12.2. The van der Waals surface area contributed by atoms with E-state index < -0.39 is 17.9 Å². The van der Waals surface area contributed by atoms with Crippen LogP contribution in [0.4, 0.5) is 8.78 Å². The van der Waals surface area contributed by atoms with Gasteiger partial charge in [-0.3, -0.25) is 19.4 Å². The molecule has 11 heteroatoms. The van der Waals surface area contributed by atoms with Crippen molar-refractivity contribution in [3.63, 3.8) is 0 Å². The van der Waals surface area contributed by atoms with Crippen LogP contribution in [-0.4, -0.2) is 48.7 Å². The van der Waals surface area contributed by atoms with Crippen molar-refractivity contribution in [2.24, 2.45) is 0 Å². The number of pyridine rings is 2. The van der Waals surface area contributed by atoms with E-state index in [1.807, 2.05) is 22.8 Å². The monoisotopic (exact) mass is 622 g/mol. The first-order valence-electron chi connectivity index (χ1n) is 14.6. The van der Waals surface area contributed by atoms with E-state index in [9.17, 15) is 28.6 Å². The molecule has 2 aromatic carbocycles. The predicted octanol–water partition coefficient (Wildman–Crippen LogP) is 5.09. The highest BCUT2D eigenvalue weighted by molar-refractivity contribution is 6.31. The zero-order chi connectivity index (χ0) is 31.0. The van der Waals surface area contributed by atoms with Crippen LogP contribution in [-0.2, 0) is 31.7 Å². The molecule has 0 bridgehead atoms. The Bertz CT molecular complexity index is 1770. The molecular weight excluding hydrogens is 590 g/mol. The van der Waals surface area contributed by atoms with Gasteiger partial charge in [0.15, 0.2) is 11.5 Å². The molecule has 230 valence electrons. The fourth-order valence-corrected chi connectivity index (χ4v) is 6.71. The molecule has 4 heterocycles. The third kappa shape index (κ3) is 5.89. The Kier molecular flexibility index (Phi) is 8.32. The summed E-state index contributed by atoms with van der Waals surface area (Å²) in [5, 5.41) is 19.8. The van der Waals surface area contributed by atoms with Gasteiger partial charge in [-0.05, 0) is 30.0 Å². The SMILES string of the molecule is O=c1cc2n(cc1O)CCN(C(c1ccccc1)C(F)F)C2.O=c1cc2n(cc1O)CCN(C1(c3ccccc3Cl)CC1)C2. The molecule has 0 amide bonds. The van der Waals surface area contributed by atoms with Gasteiger partial charge in [-0.2, -0.15) is 0 Å². The van der Waals surface area contributed by atoms with Gasteiger partial charge >= 0.3 is 0 Å². The average molecular weight is 623 g/mol. The number of fused-ring (bicyclic) bond motifs is 2. The lowest BCUT2D eigenvalue weighted by Gasteiger charge is -2.37. The summed E-state index contributed by atoms with van der Waals surface area (Å²) >= 11 is 6.40. The topological polar surface area (TPSA) is 90.9 Å². The first kappa shape index (κ1) is 30.1. The van der Waals surface area contributed by atoms with Gasteiger partial charge in [-0.1, -0.05) is 60.1 Å². The lowest BCUT2D eigenvalue weighted by molar-refractivity contribution is 0.0103. The van der Waals surface area contributed by atoms with Gasteiger partial charge in [0, 0.05) is 73.4 Å². The van der Waals surface area contributed by atoms with E-state index >= 15 is 0 Å². The molecule has 8 nitrogen and oxygen atoms in total. The predicted molar refractivity (Wildman–Crippen MR) is 163 cm³/mol. The van der Waals surface area contributed by atoms with Gasteiger partial charge < -0.3 is 19.3 Å². The quantitative estimate of drug-likeness (QED) is 0.322. The van der Waals surface area contributed by atoms with E-state index in [0.717, 1.165) is 36.6 Å². The molecule has 2 N–H and O–H groups in total. The first-order chi connectivity index (χ1) is 21.2. The van der Waals surface area contributed by atoms with E-state index in [-0.39, 0.29) is 29.0 Å². The molecule has 2 aliphatic heterocycles. The highest BCUT2D eigenvalue weighted by Gasteiger charge is 2.50. The van der Waals surface area contributed by atoms with E-state index in [1.54, 1.807) is 52.1 Å². The Hall–Kier alpha value is -3.99. The van der Waals surface area contributed by atoms with Crippen molar-refractivity contribution in [1.82, 2.24) is 18.9 Å². The van der Waals surface area contributed by atoms with Crippen LogP contribution in [0.1, 0.15) is 41.4 Å². The first-order valence-corrected chi connectivity index (χ1v) is 15.0. The second-order valence-corrected chi connectivity index (χ2v) is 11.9. The molecule has 7 rings (SSSR count). The van der Waals surface area contributed by atoms with Crippen LogP contribution in [0.5, 0.6) is 11.5 Å². The fraction of sp³-hybridized carbons (Fsp3) is 0.333. The number of aromatic nitrogens is 2. The van der Waals surface area contributed by atoms with Crippen LogP contribution in [0.2, 0.25) is 5.02 Å². The summed E-state index contributed by atoms with van der Waals surface area (Å²) in [4.78, 5) is 27.3. The molecule has 1 aliphatic carbocycles. The minimum absolute atomic E-state index is 0.0114. The molecule has 0 saturated heterocycles. The molecule has 0 radical (unpaired) electrons. The van der Waals surface area contributed by atoms with Crippen LogP contribution in [0.3, 0.4) is 0 Å². The molecule has 44 heavy (non-hydrogen) atoms. The summed E-state index contributed by atoms with van der Waals surface area (Å²) in [5.74, 6) is -0.491. The Morgan fingerprint density at radius 2 is 1.32 bits per heavy atom. The lowest BCUT2D eigenvalue weighted by Crippen LogP contribution is -2.42. The number of hydrogen-bond acceptors (Lipinski definition) is 6. The zero-order valence-corrected chi connectivity index (χ0v) is 24.7. The van der Waals surface area contributed by atoms with Crippen LogP contribution in [0.15, 0.2) is 88.7 Å². The number of hydrogen-bond donors (Lipinski definition) is 2. The number of aromatic hydroxyl groups is 2. The second-order valence-electron chi connectivity index (χ2n) is 11.5. The third-order valence-corrected chi connectivity index (χ3v) is 9.16. The van der Waals surface area contributed by atoms with Crippen molar-refractivity contribution in [2.45, 2.75) is 57.0 Å². The molecule has 1 saturated carbocycles. The molecule has 1 fully saturated rings. The number of halogens is 3. The van der Waals surface area contributed by atoms with Crippen molar-refractivity contribution < 1.29 is 19.0 Å². The van der Waals surface area contributed by atoms with Gasteiger partial charge in [0.05, 0.1) is 18.4 Å². The fourth-order valence-electron chi connectivity index (χ4n) is 6.40. The average Bonchev–Trinajstić information content (AvgIpc) is 3.81. The number of benzene rings is 2. The standard InChI is InChI=1S/C17H17ClN2O2.C16H16F2N2O2/c18-14-4-2-1-3-13(14)17(5-6-17)20-8-7-19-11-16(22)15(21)9-12(19)10-20;17-16(18)15(11-4-2-1-3-5-11)20-7-6-19-10-14(22)13(21)8-12(19)9-20/h1-4,9,11,22H,5-8,10H2;1-5,8,10,15-16,22H,6-7,9H2. The Labute approximate surface area is 258 Å². The Morgan fingerprint density at radius 3 is 1.91 bits per heavy atom. The molecule has 4 aromatic rings.